The molecule has 7 heteroatoms. The average Bonchev–Trinajstić information content (AvgIpc) is 2.75. The van der Waals surface area contributed by atoms with Crippen LogP contribution in [0, 0.1) is 10.1 Å². The lowest BCUT2D eigenvalue weighted by atomic mass is 9.99. The van der Waals surface area contributed by atoms with Crippen LogP contribution in [0.3, 0.4) is 0 Å². The van der Waals surface area contributed by atoms with E-state index in [1.165, 1.54) is 24.3 Å². The molecule has 0 saturated carbocycles. The van der Waals surface area contributed by atoms with Crippen LogP contribution in [0.2, 0.25) is 0 Å². The van der Waals surface area contributed by atoms with Crippen molar-refractivity contribution in [2.24, 2.45) is 5.10 Å². The lowest BCUT2D eigenvalue weighted by Crippen LogP contribution is -2.23. The zero-order valence-corrected chi connectivity index (χ0v) is 14.7. The van der Waals surface area contributed by atoms with E-state index in [9.17, 15) is 20.0 Å². The molecule has 0 spiro atoms. The van der Waals surface area contributed by atoms with E-state index in [0.717, 1.165) is 0 Å². The molecule has 1 atom stereocenters. The molecule has 3 aromatic rings. The van der Waals surface area contributed by atoms with Crippen molar-refractivity contribution in [3.05, 3.63) is 112 Å². The van der Waals surface area contributed by atoms with Crippen molar-refractivity contribution < 1.29 is 14.8 Å². The summed E-state index contributed by atoms with van der Waals surface area (Å²) in [5, 5.41) is 25.6. The van der Waals surface area contributed by atoms with Gasteiger partial charge in [-0.1, -0.05) is 60.7 Å². The highest BCUT2D eigenvalue weighted by Gasteiger charge is 2.18. The first kappa shape index (κ1) is 18.9. The van der Waals surface area contributed by atoms with Gasteiger partial charge in [0.2, 0.25) is 0 Å². The molecule has 0 aliphatic rings. The molecule has 28 heavy (non-hydrogen) atoms. The van der Waals surface area contributed by atoms with E-state index in [-0.39, 0.29) is 17.0 Å². The summed E-state index contributed by atoms with van der Waals surface area (Å²) in [5.41, 5.74) is 4.10. The fraction of sp³-hybridized carbons (Fsp3) is 0.0476. The van der Waals surface area contributed by atoms with Gasteiger partial charge < -0.3 is 5.11 Å². The Labute approximate surface area is 161 Å². The SMILES string of the molecule is O=C(N/N=C(\c1ccccc1)[C@@H](O)c1ccccc1)c1ccc([N+](=O)[O-])cc1. The van der Waals surface area contributed by atoms with Crippen LogP contribution in [0.25, 0.3) is 0 Å². The van der Waals surface area contributed by atoms with E-state index in [0.29, 0.717) is 11.1 Å². The molecule has 3 rings (SSSR count). The molecule has 0 saturated heterocycles. The number of hydrogen-bond donors (Lipinski definition) is 2. The summed E-state index contributed by atoms with van der Waals surface area (Å²) in [6.45, 7) is 0. The van der Waals surface area contributed by atoms with Crippen molar-refractivity contribution in [3.8, 4) is 0 Å². The monoisotopic (exact) mass is 375 g/mol. The molecule has 0 fully saturated rings. The van der Waals surface area contributed by atoms with E-state index in [4.69, 9.17) is 0 Å². The Bertz CT molecular complexity index is 987. The Morgan fingerprint density at radius 1 is 0.893 bits per heavy atom. The minimum absolute atomic E-state index is 0.107. The van der Waals surface area contributed by atoms with Gasteiger partial charge in [-0.2, -0.15) is 5.10 Å². The predicted octanol–water partition coefficient (Wildman–Crippen LogP) is 3.46. The molecule has 0 radical (unpaired) electrons. The van der Waals surface area contributed by atoms with Crippen LogP contribution < -0.4 is 5.43 Å². The van der Waals surface area contributed by atoms with Gasteiger partial charge in [0.25, 0.3) is 11.6 Å². The summed E-state index contributed by atoms with van der Waals surface area (Å²) >= 11 is 0. The van der Waals surface area contributed by atoms with Crippen LogP contribution in [0.5, 0.6) is 0 Å². The van der Waals surface area contributed by atoms with Gasteiger partial charge in [0.05, 0.1) is 4.92 Å². The van der Waals surface area contributed by atoms with Crippen molar-refractivity contribution in [2.45, 2.75) is 6.10 Å². The third-order valence-electron chi connectivity index (χ3n) is 4.06. The molecule has 0 aliphatic heterocycles. The largest absolute Gasteiger partial charge is 0.382 e. The minimum Gasteiger partial charge on any atom is -0.382 e. The van der Waals surface area contributed by atoms with Gasteiger partial charge in [-0.25, -0.2) is 5.43 Å². The summed E-state index contributed by atoms with van der Waals surface area (Å²) in [7, 11) is 0. The van der Waals surface area contributed by atoms with Gasteiger partial charge in [0, 0.05) is 23.3 Å². The maximum atomic E-state index is 12.4. The summed E-state index contributed by atoms with van der Waals surface area (Å²) in [6, 6.07) is 23.2. The van der Waals surface area contributed by atoms with Crippen molar-refractivity contribution in [2.75, 3.05) is 0 Å². The first-order valence-electron chi connectivity index (χ1n) is 8.47. The number of nitrogens with one attached hydrogen (secondary N) is 1. The first-order valence-corrected chi connectivity index (χ1v) is 8.47. The number of aliphatic hydroxyl groups is 1. The molecule has 0 bridgehead atoms. The Hall–Kier alpha value is -3.84. The third-order valence-corrected chi connectivity index (χ3v) is 4.06. The number of nitrogens with zero attached hydrogens (tertiary/aromatic N) is 2. The van der Waals surface area contributed by atoms with E-state index in [1.54, 1.807) is 48.5 Å². The second kappa shape index (κ2) is 8.70. The molecule has 3 aromatic carbocycles. The molecule has 0 aromatic heterocycles. The van der Waals surface area contributed by atoms with Crippen molar-refractivity contribution in [1.29, 1.82) is 0 Å². The number of hydrogen-bond acceptors (Lipinski definition) is 5. The Morgan fingerprint density at radius 2 is 1.46 bits per heavy atom. The highest BCUT2D eigenvalue weighted by Crippen LogP contribution is 2.19. The van der Waals surface area contributed by atoms with Crippen LogP contribution >= 0.6 is 0 Å². The van der Waals surface area contributed by atoms with Crippen molar-refractivity contribution >= 4 is 17.3 Å². The summed E-state index contributed by atoms with van der Waals surface area (Å²) in [6.07, 6.45) is -1.04. The molecular formula is C21H17N3O4. The minimum atomic E-state index is -1.04. The van der Waals surface area contributed by atoms with Gasteiger partial charge in [-0.05, 0) is 17.7 Å². The Morgan fingerprint density at radius 3 is 2.04 bits per heavy atom. The maximum absolute atomic E-state index is 12.4. The predicted molar refractivity (Wildman–Crippen MR) is 105 cm³/mol. The topological polar surface area (TPSA) is 105 Å². The van der Waals surface area contributed by atoms with Crippen LogP contribution in [-0.4, -0.2) is 21.6 Å². The van der Waals surface area contributed by atoms with E-state index < -0.39 is 16.9 Å². The number of nitro groups is 1. The molecule has 0 unspecified atom stereocenters. The second-order valence-electron chi connectivity index (χ2n) is 5.92. The van der Waals surface area contributed by atoms with E-state index >= 15 is 0 Å². The lowest BCUT2D eigenvalue weighted by molar-refractivity contribution is -0.384. The second-order valence-corrected chi connectivity index (χ2v) is 5.92. The summed E-state index contributed by atoms with van der Waals surface area (Å²) in [5.74, 6) is -0.538. The number of non-ortho nitro benzene ring substituents is 1. The summed E-state index contributed by atoms with van der Waals surface area (Å²) < 4.78 is 0. The van der Waals surface area contributed by atoms with Gasteiger partial charge in [0.15, 0.2) is 0 Å². The quantitative estimate of drug-likeness (QED) is 0.391. The average molecular weight is 375 g/mol. The Kier molecular flexibility index (Phi) is 5.88. The smallest absolute Gasteiger partial charge is 0.271 e. The zero-order valence-electron chi connectivity index (χ0n) is 14.7. The molecule has 0 aliphatic carbocycles. The number of carbonyl (C=O) groups excluding carboxylic acids is 1. The van der Waals surface area contributed by atoms with Crippen LogP contribution in [0.4, 0.5) is 5.69 Å². The fourth-order valence-electron chi connectivity index (χ4n) is 2.60. The molecule has 1 amide bonds. The number of aliphatic hydroxyl groups excluding tert-OH is 1. The Balaban J connectivity index is 1.86. The number of rotatable bonds is 6. The molecular weight excluding hydrogens is 358 g/mol. The normalized spacial score (nSPS) is 12.2. The number of amides is 1. The van der Waals surface area contributed by atoms with E-state index in [1.807, 2.05) is 12.1 Å². The zero-order chi connectivity index (χ0) is 19.9. The number of benzene rings is 3. The standard InChI is InChI=1S/C21H17N3O4/c25-20(16-9-5-2-6-10-16)19(15-7-3-1-4-8-15)22-23-21(26)17-11-13-18(14-12-17)24(27)28/h1-14,20,25H,(H,23,26)/b22-19+/t20-/m0/s1. The van der Waals surface area contributed by atoms with Gasteiger partial charge in [-0.3, -0.25) is 14.9 Å². The molecule has 7 nitrogen and oxygen atoms in total. The number of carbonyl (C=O) groups is 1. The maximum Gasteiger partial charge on any atom is 0.271 e. The van der Waals surface area contributed by atoms with Crippen LogP contribution in [0.15, 0.2) is 90.0 Å². The van der Waals surface area contributed by atoms with Gasteiger partial charge >= 0.3 is 0 Å². The van der Waals surface area contributed by atoms with Crippen molar-refractivity contribution in [3.63, 3.8) is 0 Å². The molecule has 0 heterocycles. The molecule has 140 valence electrons. The van der Waals surface area contributed by atoms with Gasteiger partial charge in [0.1, 0.15) is 11.8 Å². The highest BCUT2D eigenvalue weighted by molar-refractivity contribution is 6.05. The van der Waals surface area contributed by atoms with Crippen molar-refractivity contribution in [1.82, 2.24) is 5.43 Å². The van der Waals surface area contributed by atoms with Gasteiger partial charge in [-0.15, -0.1) is 0 Å². The highest BCUT2D eigenvalue weighted by atomic mass is 16.6. The van der Waals surface area contributed by atoms with Crippen LogP contribution in [-0.2, 0) is 0 Å². The third kappa shape index (κ3) is 4.46. The molecule has 2 N–H and O–H groups in total. The number of hydrazone groups is 1. The van der Waals surface area contributed by atoms with Crippen LogP contribution in [0.1, 0.15) is 27.6 Å². The van der Waals surface area contributed by atoms with E-state index in [2.05, 4.69) is 10.5 Å². The number of nitro benzene ring substituents is 1. The fourth-order valence-corrected chi connectivity index (χ4v) is 2.60. The summed E-state index contributed by atoms with van der Waals surface area (Å²) in [4.78, 5) is 22.5. The first-order chi connectivity index (χ1) is 13.6. The lowest BCUT2D eigenvalue weighted by Gasteiger charge is -2.15.